The second-order valence-corrected chi connectivity index (χ2v) is 4.91. The molecule has 2 rings (SSSR count). The maximum absolute atomic E-state index is 9.95. The summed E-state index contributed by atoms with van der Waals surface area (Å²) in [7, 11) is 0. The molecule has 0 heterocycles. The Balaban J connectivity index is 1.90. The van der Waals surface area contributed by atoms with E-state index in [1.807, 2.05) is 6.07 Å². The molecule has 3 N–H and O–H groups in total. The number of hydrogen-bond donors (Lipinski definition) is 3. The van der Waals surface area contributed by atoms with Gasteiger partial charge in [-0.3, -0.25) is 0 Å². The van der Waals surface area contributed by atoms with E-state index in [-0.39, 0.29) is 11.3 Å². The van der Waals surface area contributed by atoms with E-state index in [4.69, 9.17) is 0 Å². The van der Waals surface area contributed by atoms with Crippen molar-refractivity contribution in [3.8, 4) is 5.75 Å². The van der Waals surface area contributed by atoms with Crippen LogP contribution < -0.4 is 5.32 Å². The van der Waals surface area contributed by atoms with Crippen LogP contribution in [0.4, 0.5) is 0 Å². The van der Waals surface area contributed by atoms with Crippen molar-refractivity contribution in [1.82, 2.24) is 5.32 Å². The van der Waals surface area contributed by atoms with Gasteiger partial charge in [0.25, 0.3) is 0 Å². The van der Waals surface area contributed by atoms with Crippen molar-refractivity contribution >= 4 is 0 Å². The number of aromatic hydroxyl groups is 1. The molecule has 1 saturated carbocycles. The van der Waals surface area contributed by atoms with Crippen LogP contribution in [0.25, 0.3) is 0 Å². The van der Waals surface area contributed by atoms with Gasteiger partial charge in [0.2, 0.25) is 0 Å². The highest BCUT2D eigenvalue weighted by Gasteiger charge is 2.31. The lowest BCUT2D eigenvalue weighted by molar-refractivity contribution is 0.132. The Bertz CT molecular complexity index is 361. The standard InChI is InChI=1S/C13H19NO2/c1-13(6-3-7-13)14-9-12(16)10-4-2-5-11(15)8-10/h2,4-5,8,12,14-16H,3,6-7,9H2,1H3/t12-/m0/s1. The number of rotatable bonds is 4. The van der Waals surface area contributed by atoms with Crippen LogP contribution in [0.1, 0.15) is 37.9 Å². The fourth-order valence-electron chi connectivity index (χ4n) is 2.08. The molecule has 0 amide bonds. The Labute approximate surface area is 96.1 Å². The molecule has 0 spiro atoms. The first-order valence-electron chi connectivity index (χ1n) is 5.81. The molecule has 0 saturated heterocycles. The lowest BCUT2D eigenvalue weighted by Crippen LogP contribution is -2.49. The third kappa shape index (κ3) is 2.54. The van der Waals surface area contributed by atoms with Gasteiger partial charge in [0.15, 0.2) is 0 Å². The first kappa shape index (κ1) is 11.4. The fraction of sp³-hybridized carbons (Fsp3) is 0.538. The summed E-state index contributed by atoms with van der Waals surface area (Å²) in [4.78, 5) is 0. The topological polar surface area (TPSA) is 52.5 Å². The number of aliphatic hydroxyl groups excluding tert-OH is 1. The second-order valence-electron chi connectivity index (χ2n) is 4.91. The minimum atomic E-state index is -0.551. The van der Waals surface area contributed by atoms with E-state index in [0.29, 0.717) is 6.54 Å². The van der Waals surface area contributed by atoms with Crippen molar-refractivity contribution in [3.63, 3.8) is 0 Å². The molecular formula is C13H19NO2. The van der Waals surface area contributed by atoms with Gasteiger partial charge >= 0.3 is 0 Å². The normalized spacial score (nSPS) is 20.1. The molecule has 3 nitrogen and oxygen atoms in total. The summed E-state index contributed by atoms with van der Waals surface area (Å²) >= 11 is 0. The van der Waals surface area contributed by atoms with Gasteiger partial charge in [-0.25, -0.2) is 0 Å². The van der Waals surface area contributed by atoms with E-state index in [2.05, 4.69) is 12.2 Å². The fourth-order valence-corrected chi connectivity index (χ4v) is 2.08. The molecule has 0 radical (unpaired) electrons. The van der Waals surface area contributed by atoms with Gasteiger partial charge in [0.1, 0.15) is 5.75 Å². The molecule has 1 aliphatic rings. The molecule has 3 heteroatoms. The molecule has 1 aliphatic carbocycles. The predicted molar refractivity (Wildman–Crippen MR) is 63.3 cm³/mol. The zero-order valence-electron chi connectivity index (χ0n) is 9.61. The van der Waals surface area contributed by atoms with Crippen molar-refractivity contribution in [2.75, 3.05) is 6.54 Å². The maximum atomic E-state index is 9.95. The third-order valence-corrected chi connectivity index (χ3v) is 3.43. The van der Waals surface area contributed by atoms with Crippen LogP contribution in [0.15, 0.2) is 24.3 Å². The summed E-state index contributed by atoms with van der Waals surface area (Å²) < 4.78 is 0. The average molecular weight is 221 g/mol. The van der Waals surface area contributed by atoms with Crippen molar-refractivity contribution in [2.24, 2.45) is 0 Å². The number of nitrogens with one attached hydrogen (secondary N) is 1. The van der Waals surface area contributed by atoms with E-state index < -0.39 is 6.10 Å². The van der Waals surface area contributed by atoms with Crippen LogP contribution >= 0.6 is 0 Å². The predicted octanol–water partition coefficient (Wildman–Crippen LogP) is 1.96. The van der Waals surface area contributed by atoms with E-state index >= 15 is 0 Å². The SMILES string of the molecule is CC1(NC[C@H](O)c2cccc(O)c2)CCC1. The third-order valence-electron chi connectivity index (χ3n) is 3.43. The molecular weight excluding hydrogens is 202 g/mol. The molecule has 0 unspecified atom stereocenters. The monoisotopic (exact) mass is 221 g/mol. The highest BCUT2D eigenvalue weighted by Crippen LogP contribution is 2.31. The van der Waals surface area contributed by atoms with Crippen LogP contribution in [0.3, 0.4) is 0 Å². The quantitative estimate of drug-likeness (QED) is 0.728. The smallest absolute Gasteiger partial charge is 0.115 e. The molecule has 0 aromatic heterocycles. The number of phenols is 1. The second kappa shape index (κ2) is 4.44. The van der Waals surface area contributed by atoms with Crippen LogP contribution in [0, 0.1) is 0 Å². The van der Waals surface area contributed by atoms with E-state index in [0.717, 1.165) is 5.56 Å². The molecule has 1 aromatic carbocycles. The number of aliphatic hydroxyl groups is 1. The average Bonchev–Trinajstić information content (AvgIpc) is 2.23. The van der Waals surface area contributed by atoms with Crippen LogP contribution in [0.2, 0.25) is 0 Å². The molecule has 1 aromatic rings. The van der Waals surface area contributed by atoms with Gasteiger partial charge < -0.3 is 15.5 Å². The Hall–Kier alpha value is -1.06. The summed E-state index contributed by atoms with van der Waals surface area (Å²) in [5.41, 5.74) is 0.966. The molecule has 1 atom stereocenters. The zero-order valence-corrected chi connectivity index (χ0v) is 9.61. The van der Waals surface area contributed by atoms with Gasteiger partial charge in [0, 0.05) is 12.1 Å². The first-order chi connectivity index (χ1) is 7.59. The van der Waals surface area contributed by atoms with Gasteiger partial charge in [-0.05, 0) is 43.9 Å². The lowest BCUT2D eigenvalue weighted by Gasteiger charge is -2.40. The Kier molecular flexibility index (Phi) is 3.17. The van der Waals surface area contributed by atoms with Crippen LogP contribution in [-0.4, -0.2) is 22.3 Å². The summed E-state index contributed by atoms with van der Waals surface area (Å²) in [6, 6.07) is 6.79. The number of hydrogen-bond acceptors (Lipinski definition) is 3. The number of β-amino-alcohol motifs (C(OH)–C–C–N with tert-alkyl or cyclic N) is 1. The number of benzene rings is 1. The Morgan fingerprint density at radius 1 is 1.44 bits per heavy atom. The van der Waals surface area contributed by atoms with Gasteiger partial charge in [0.05, 0.1) is 6.10 Å². The van der Waals surface area contributed by atoms with Crippen molar-refractivity contribution in [3.05, 3.63) is 29.8 Å². The molecule has 1 fully saturated rings. The van der Waals surface area contributed by atoms with Crippen molar-refractivity contribution in [2.45, 2.75) is 37.8 Å². The molecule has 16 heavy (non-hydrogen) atoms. The molecule has 0 bridgehead atoms. The lowest BCUT2D eigenvalue weighted by atomic mass is 9.78. The van der Waals surface area contributed by atoms with Gasteiger partial charge in [-0.1, -0.05) is 12.1 Å². The van der Waals surface area contributed by atoms with Gasteiger partial charge in [-0.2, -0.15) is 0 Å². The highest BCUT2D eigenvalue weighted by molar-refractivity contribution is 5.28. The summed E-state index contributed by atoms with van der Waals surface area (Å²) in [6.07, 6.45) is 3.08. The highest BCUT2D eigenvalue weighted by atomic mass is 16.3. The Morgan fingerprint density at radius 3 is 2.75 bits per heavy atom. The van der Waals surface area contributed by atoms with Gasteiger partial charge in [-0.15, -0.1) is 0 Å². The molecule has 88 valence electrons. The van der Waals surface area contributed by atoms with Crippen molar-refractivity contribution in [1.29, 1.82) is 0 Å². The minimum Gasteiger partial charge on any atom is -0.508 e. The van der Waals surface area contributed by atoms with E-state index in [1.165, 1.54) is 19.3 Å². The maximum Gasteiger partial charge on any atom is 0.115 e. The summed E-state index contributed by atoms with van der Waals surface area (Å²) in [5, 5.41) is 22.7. The van der Waals surface area contributed by atoms with E-state index in [1.54, 1.807) is 18.2 Å². The largest absolute Gasteiger partial charge is 0.508 e. The van der Waals surface area contributed by atoms with Crippen LogP contribution in [-0.2, 0) is 0 Å². The molecule has 0 aliphatic heterocycles. The summed E-state index contributed by atoms with van der Waals surface area (Å²) in [6.45, 7) is 2.73. The minimum absolute atomic E-state index is 0.200. The zero-order chi connectivity index (χ0) is 11.6. The first-order valence-corrected chi connectivity index (χ1v) is 5.81. The van der Waals surface area contributed by atoms with Crippen molar-refractivity contribution < 1.29 is 10.2 Å². The Morgan fingerprint density at radius 2 is 2.19 bits per heavy atom. The number of phenolic OH excluding ortho intramolecular Hbond substituents is 1. The van der Waals surface area contributed by atoms with E-state index in [9.17, 15) is 10.2 Å². The van der Waals surface area contributed by atoms with Crippen LogP contribution in [0.5, 0.6) is 5.75 Å². The summed E-state index contributed by atoms with van der Waals surface area (Å²) in [5.74, 6) is 0.200.